The Bertz CT molecular complexity index is 1090. The standard InChI is InChI=1S/C21H16F6N2O2S/c1-11-3-5-16(6-4-11)31-10-17-28-12(2)18(32-17)19(30)29-15-8-13(20(22,23)24)7-14(9-15)21(25,26)27/h3-9H,10H2,1-2H3,(H,29,30). The molecule has 1 amide bonds. The van der Waals surface area contributed by atoms with Gasteiger partial charge >= 0.3 is 12.4 Å². The minimum Gasteiger partial charge on any atom is -0.486 e. The van der Waals surface area contributed by atoms with Crippen molar-refractivity contribution >= 4 is 22.9 Å². The highest BCUT2D eigenvalue weighted by Crippen LogP contribution is 2.37. The number of rotatable bonds is 5. The third-order valence-corrected chi connectivity index (χ3v) is 5.41. The topological polar surface area (TPSA) is 51.2 Å². The highest BCUT2D eigenvalue weighted by atomic mass is 32.1. The number of carbonyl (C=O) groups excluding carboxylic acids is 1. The lowest BCUT2D eigenvalue weighted by molar-refractivity contribution is -0.143. The Morgan fingerprint density at radius 3 is 2.06 bits per heavy atom. The van der Waals surface area contributed by atoms with E-state index in [9.17, 15) is 31.1 Å². The van der Waals surface area contributed by atoms with Crippen molar-refractivity contribution in [2.24, 2.45) is 0 Å². The second kappa shape index (κ2) is 8.81. The predicted octanol–water partition coefficient (Wildman–Crippen LogP) is 6.63. The first-order chi connectivity index (χ1) is 14.8. The molecule has 0 saturated heterocycles. The molecule has 1 heterocycles. The summed E-state index contributed by atoms with van der Waals surface area (Å²) in [4.78, 5) is 16.8. The number of benzene rings is 2. The summed E-state index contributed by atoms with van der Waals surface area (Å²) in [6.45, 7) is 3.47. The molecule has 0 aliphatic carbocycles. The van der Waals surface area contributed by atoms with Crippen molar-refractivity contribution in [3.8, 4) is 5.75 Å². The van der Waals surface area contributed by atoms with E-state index >= 15 is 0 Å². The van der Waals surface area contributed by atoms with Crippen LogP contribution in [-0.2, 0) is 19.0 Å². The van der Waals surface area contributed by atoms with Crippen molar-refractivity contribution in [1.29, 1.82) is 0 Å². The second-order valence-electron chi connectivity index (χ2n) is 6.87. The Morgan fingerprint density at radius 1 is 0.969 bits per heavy atom. The molecule has 32 heavy (non-hydrogen) atoms. The number of hydrogen-bond acceptors (Lipinski definition) is 4. The van der Waals surface area contributed by atoms with Gasteiger partial charge in [0, 0.05) is 5.69 Å². The van der Waals surface area contributed by atoms with Crippen LogP contribution in [0.25, 0.3) is 0 Å². The third-order valence-electron chi connectivity index (χ3n) is 4.28. The second-order valence-corrected chi connectivity index (χ2v) is 7.96. The fourth-order valence-corrected chi connectivity index (χ4v) is 3.59. The Kier molecular flexibility index (Phi) is 6.49. The average molecular weight is 474 g/mol. The fraction of sp³-hybridized carbons (Fsp3) is 0.238. The molecule has 170 valence electrons. The molecule has 1 aromatic heterocycles. The summed E-state index contributed by atoms with van der Waals surface area (Å²) in [6, 6.07) is 8.12. The summed E-state index contributed by atoms with van der Waals surface area (Å²) < 4.78 is 83.6. The summed E-state index contributed by atoms with van der Waals surface area (Å²) in [5, 5.41) is 2.53. The number of nitrogens with zero attached hydrogens (tertiary/aromatic N) is 1. The van der Waals surface area contributed by atoms with E-state index in [0.717, 1.165) is 16.9 Å². The predicted molar refractivity (Wildman–Crippen MR) is 107 cm³/mol. The van der Waals surface area contributed by atoms with Crippen molar-refractivity contribution in [1.82, 2.24) is 4.98 Å². The van der Waals surface area contributed by atoms with Crippen LogP contribution in [0.4, 0.5) is 32.0 Å². The number of halogens is 6. The monoisotopic (exact) mass is 474 g/mol. The maximum atomic E-state index is 13.0. The van der Waals surface area contributed by atoms with Gasteiger partial charge in [-0.05, 0) is 44.2 Å². The van der Waals surface area contributed by atoms with Crippen LogP contribution in [0.3, 0.4) is 0 Å². The third kappa shape index (κ3) is 5.78. The van der Waals surface area contributed by atoms with E-state index in [4.69, 9.17) is 4.74 Å². The number of carbonyl (C=O) groups is 1. The van der Waals surface area contributed by atoms with E-state index in [1.165, 1.54) is 6.92 Å². The van der Waals surface area contributed by atoms with E-state index in [2.05, 4.69) is 10.3 Å². The SMILES string of the molecule is Cc1ccc(OCc2nc(C)c(C(=O)Nc3cc(C(F)(F)F)cc(C(F)(F)F)c3)s2)cc1. The normalized spacial score (nSPS) is 12.0. The Balaban J connectivity index is 1.79. The number of amides is 1. The number of ether oxygens (including phenoxy) is 1. The lowest BCUT2D eigenvalue weighted by atomic mass is 10.1. The van der Waals surface area contributed by atoms with Crippen LogP contribution in [0.5, 0.6) is 5.75 Å². The Morgan fingerprint density at radius 2 is 1.53 bits per heavy atom. The molecular weight excluding hydrogens is 458 g/mol. The van der Waals surface area contributed by atoms with E-state index in [-0.39, 0.29) is 23.2 Å². The van der Waals surface area contributed by atoms with Crippen LogP contribution in [0, 0.1) is 13.8 Å². The first-order valence-electron chi connectivity index (χ1n) is 9.09. The largest absolute Gasteiger partial charge is 0.486 e. The molecule has 0 saturated carbocycles. The Hall–Kier alpha value is -3.08. The number of hydrogen-bond donors (Lipinski definition) is 1. The molecular formula is C21H16F6N2O2S. The molecule has 0 radical (unpaired) electrons. The summed E-state index contributed by atoms with van der Waals surface area (Å²) >= 11 is 0.936. The van der Waals surface area contributed by atoms with Crippen LogP contribution >= 0.6 is 11.3 Å². The van der Waals surface area contributed by atoms with Gasteiger partial charge in [0.25, 0.3) is 5.91 Å². The molecule has 0 bridgehead atoms. The first-order valence-corrected chi connectivity index (χ1v) is 9.91. The van der Waals surface area contributed by atoms with Crippen molar-refractivity contribution in [2.75, 3.05) is 5.32 Å². The van der Waals surface area contributed by atoms with Gasteiger partial charge in [-0.25, -0.2) is 4.98 Å². The van der Waals surface area contributed by atoms with Gasteiger partial charge in [0.15, 0.2) is 0 Å². The lowest BCUT2D eigenvalue weighted by Crippen LogP contribution is -2.15. The summed E-state index contributed by atoms with van der Waals surface area (Å²) in [6.07, 6.45) is -10.0. The van der Waals surface area contributed by atoms with Gasteiger partial charge in [-0.2, -0.15) is 26.3 Å². The average Bonchev–Trinajstić information content (AvgIpc) is 3.07. The maximum absolute atomic E-state index is 13.0. The van der Waals surface area contributed by atoms with E-state index in [1.807, 2.05) is 19.1 Å². The van der Waals surface area contributed by atoms with Crippen molar-refractivity contribution in [3.05, 3.63) is 74.7 Å². The van der Waals surface area contributed by atoms with Gasteiger partial charge in [-0.3, -0.25) is 4.79 Å². The van der Waals surface area contributed by atoms with Gasteiger partial charge in [0.2, 0.25) is 0 Å². The Labute approximate surface area is 182 Å². The van der Waals surface area contributed by atoms with E-state index in [0.29, 0.717) is 22.9 Å². The zero-order valence-corrected chi connectivity index (χ0v) is 17.5. The van der Waals surface area contributed by atoms with Crippen molar-refractivity contribution < 1.29 is 35.9 Å². The number of nitrogens with one attached hydrogen (secondary N) is 1. The molecule has 0 spiro atoms. The molecule has 0 atom stereocenters. The summed E-state index contributed by atoms with van der Waals surface area (Å²) in [5.41, 5.74) is -2.34. The van der Waals surface area contributed by atoms with Crippen LogP contribution in [-0.4, -0.2) is 10.9 Å². The smallest absolute Gasteiger partial charge is 0.416 e. The van der Waals surface area contributed by atoms with Gasteiger partial charge in [0.05, 0.1) is 16.8 Å². The highest BCUT2D eigenvalue weighted by Gasteiger charge is 2.37. The first kappa shape index (κ1) is 23.6. The fourth-order valence-electron chi connectivity index (χ4n) is 2.72. The maximum Gasteiger partial charge on any atom is 0.416 e. The summed E-state index contributed by atoms with van der Waals surface area (Å²) in [5.74, 6) is -0.285. The van der Waals surface area contributed by atoms with E-state index in [1.54, 1.807) is 12.1 Å². The van der Waals surface area contributed by atoms with Crippen LogP contribution in [0.1, 0.15) is 37.1 Å². The van der Waals surface area contributed by atoms with Crippen LogP contribution in [0.2, 0.25) is 0 Å². The molecule has 0 aliphatic rings. The quantitative estimate of drug-likeness (QED) is 0.423. The number of aromatic nitrogens is 1. The van der Waals surface area contributed by atoms with Gasteiger partial charge in [-0.1, -0.05) is 17.7 Å². The molecule has 4 nitrogen and oxygen atoms in total. The molecule has 0 fully saturated rings. The lowest BCUT2D eigenvalue weighted by Gasteiger charge is -2.14. The molecule has 11 heteroatoms. The van der Waals surface area contributed by atoms with E-state index < -0.39 is 35.1 Å². The van der Waals surface area contributed by atoms with Crippen molar-refractivity contribution in [2.45, 2.75) is 32.8 Å². The van der Waals surface area contributed by atoms with Crippen LogP contribution in [0.15, 0.2) is 42.5 Å². The highest BCUT2D eigenvalue weighted by molar-refractivity contribution is 7.13. The van der Waals surface area contributed by atoms with Crippen LogP contribution < -0.4 is 10.1 Å². The number of aryl methyl sites for hydroxylation is 2. The van der Waals surface area contributed by atoms with Gasteiger partial charge in [0.1, 0.15) is 22.2 Å². The zero-order chi connectivity index (χ0) is 23.7. The molecule has 3 aromatic rings. The summed E-state index contributed by atoms with van der Waals surface area (Å²) in [7, 11) is 0. The zero-order valence-electron chi connectivity index (χ0n) is 16.7. The minimum atomic E-state index is -5.01. The molecule has 2 aromatic carbocycles. The molecule has 3 rings (SSSR count). The molecule has 1 N–H and O–H groups in total. The number of thiazole rings is 1. The molecule has 0 unspecified atom stereocenters. The van der Waals surface area contributed by atoms with Gasteiger partial charge in [-0.15, -0.1) is 11.3 Å². The van der Waals surface area contributed by atoms with Crippen molar-refractivity contribution in [3.63, 3.8) is 0 Å². The minimum absolute atomic E-state index is 0.00583. The number of anilines is 1. The molecule has 0 aliphatic heterocycles. The van der Waals surface area contributed by atoms with Gasteiger partial charge < -0.3 is 10.1 Å². The number of alkyl halides is 6.